The fourth-order valence-electron chi connectivity index (χ4n) is 2.01. The molecular formula is C16H22O2. The molecule has 1 aliphatic carbocycles. The molecule has 0 saturated heterocycles. The molecule has 1 unspecified atom stereocenters. The second-order valence-corrected chi connectivity index (χ2v) is 4.54. The maximum Gasteiger partial charge on any atom is 0.306 e. The van der Waals surface area contributed by atoms with Crippen molar-refractivity contribution < 1.29 is 9.53 Å². The molecule has 0 spiro atoms. The van der Waals surface area contributed by atoms with E-state index in [-0.39, 0.29) is 12.1 Å². The van der Waals surface area contributed by atoms with E-state index >= 15 is 0 Å². The second-order valence-electron chi connectivity index (χ2n) is 4.54. The van der Waals surface area contributed by atoms with Gasteiger partial charge in [-0.1, -0.05) is 37.5 Å². The first-order valence-electron chi connectivity index (χ1n) is 6.47. The van der Waals surface area contributed by atoms with Crippen LogP contribution in [0.2, 0.25) is 0 Å². The van der Waals surface area contributed by atoms with Crippen molar-refractivity contribution in [1.82, 2.24) is 0 Å². The van der Waals surface area contributed by atoms with Crippen LogP contribution < -0.4 is 0 Å². The lowest BCUT2D eigenvalue weighted by atomic mass is 9.98. The minimum Gasteiger partial charge on any atom is -0.458 e. The molecule has 0 saturated carbocycles. The Bertz CT molecular complexity index is 375. The first-order chi connectivity index (χ1) is 8.67. The SMILES string of the molecule is C=C/C=C(\C=C)CCC(=O)OC1CCCC=C1C. The Labute approximate surface area is 110 Å². The van der Waals surface area contributed by atoms with Gasteiger partial charge in [-0.25, -0.2) is 0 Å². The van der Waals surface area contributed by atoms with Crippen LogP contribution in [-0.2, 0) is 9.53 Å². The Morgan fingerprint density at radius 2 is 2.28 bits per heavy atom. The fourth-order valence-corrected chi connectivity index (χ4v) is 2.01. The molecule has 0 aliphatic heterocycles. The van der Waals surface area contributed by atoms with Gasteiger partial charge in [0.2, 0.25) is 0 Å². The Morgan fingerprint density at radius 1 is 1.50 bits per heavy atom. The molecule has 0 N–H and O–H groups in total. The largest absolute Gasteiger partial charge is 0.458 e. The monoisotopic (exact) mass is 246 g/mol. The molecule has 1 atom stereocenters. The van der Waals surface area contributed by atoms with E-state index in [0.29, 0.717) is 12.8 Å². The van der Waals surface area contributed by atoms with Crippen molar-refractivity contribution in [1.29, 1.82) is 0 Å². The lowest BCUT2D eigenvalue weighted by Gasteiger charge is -2.22. The number of carbonyl (C=O) groups excluding carboxylic acids is 1. The lowest BCUT2D eigenvalue weighted by molar-refractivity contribution is -0.147. The molecule has 0 fully saturated rings. The number of hydrogen-bond acceptors (Lipinski definition) is 2. The lowest BCUT2D eigenvalue weighted by Crippen LogP contribution is -2.21. The first-order valence-corrected chi connectivity index (χ1v) is 6.47. The summed E-state index contributed by atoms with van der Waals surface area (Å²) in [7, 11) is 0. The molecule has 18 heavy (non-hydrogen) atoms. The predicted octanol–water partition coefficient (Wildman–Crippen LogP) is 4.11. The van der Waals surface area contributed by atoms with Crippen molar-refractivity contribution in [2.45, 2.75) is 45.1 Å². The number of rotatable bonds is 6. The van der Waals surface area contributed by atoms with E-state index in [4.69, 9.17) is 4.74 Å². The Kier molecular flexibility index (Phi) is 6.20. The molecule has 1 aliphatic rings. The van der Waals surface area contributed by atoms with Gasteiger partial charge in [0.05, 0.1) is 0 Å². The minimum absolute atomic E-state index is 0.0122. The Morgan fingerprint density at radius 3 is 2.89 bits per heavy atom. The van der Waals surface area contributed by atoms with Gasteiger partial charge >= 0.3 is 5.97 Å². The topological polar surface area (TPSA) is 26.3 Å². The zero-order valence-electron chi connectivity index (χ0n) is 11.2. The van der Waals surface area contributed by atoms with E-state index in [2.05, 4.69) is 19.2 Å². The average Bonchev–Trinajstić information content (AvgIpc) is 2.37. The van der Waals surface area contributed by atoms with Crippen molar-refractivity contribution in [3.05, 3.63) is 48.6 Å². The van der Waals surface area contributed by atoms with Crippen LogP contribution in [0, 0.1) is 0 Å². The zero-order chi connectivity index (χ0) is 13.4. The maximum atomic E-state index is 11.7. The number of hydrogen-bond donors (Lipinski definition) is 0. The molecule has 2 nitrogen and oxygen atoms in total. The summed E-state index contributed by atoms with van der Waals surface area (Å²) in [6.45, 7) is 9.37. The van der Waals surface area contributed by atoms with Crippen LogP contribution in [0.15, 0.2) is 48.6 Å². The number of allylic oxidation sites excluding steroid dienone is 5. The highest BCUT2D eigenvalue weighted by Crippen LogP contribution is 2.21. The van der Waals surface area contributed by atoms with E-state index in [1.807, 2.05) is 13.0 Å². The van der Waals surface area contributed by atoms with E-state index in [0.717, 1.165) is 24.8 Å². The van der Waals surface area contributed by atoms with Crippen LogP contribution in [0.5, 0.6) is 0 Å². The molecule has 98 valence electrons. The molecule has 0 amide bonds. The van der Waals surface area contributed by atoms with Gasteiger partial charge in [-0.2, -0.15) is 0 Å². The molecule has 1 rings (SSSR count). The van der Waals surface area contributed by atoms with E-state index < -0.39 is 0 Å². The fraction of sp³-hybridized carbons (Fsp3) is 0.438. The standard InChI is InChI=1S/C16H22O2/c1-4-8-14(5-2)11-12-16(17)18-15-10-7-6-9-13(15)3/h4-5,8-9,15H,1-2,6-7,10-12H2,3H3/b14-8+. The normalized spacial score (nSPS) is 19.9. The van der Waals surface area contributed by atoms with Gasteiger partial charge in [-0.15, -0.1) is 0 Å². The second kappa shape index (κ2) is 7.70. The summed E-state index contributed by atoms with van der Waals surface area (Å²) in [4.78, 5) is 11.7. The Balaban J connectivity index is 2.40. The van der Waals surface area contributed by atoms with Crippen LogP contribution in [0.1, 0.15) is 39.0 Å². The smallest absolute Gasteiger partial charge is 0.306 e. The van der Waals surface area contributed by atoms with Crippen LogP contribution in [0.25, 0.3) is 0 Å². The summed E-state index contributed by atoms with van der Waals surface area (Å²) in [6.07, 6.45) is 11.7. The van der Waals surface area contributed by atoms with Gasteiger partial charge in [0.1, 0.15) is 6.10 Å². The van der Waals surface area contributed by atoms with Gasteiger partial charge in [0.25, 0.3) is 0 Å². The molecule has 0 radical (unpaired) electrons. The summed E-state index contributed by atoms with van der Waals surface area (Å²) < 4.78 is 5.48. The zero-order valence-corrected chi connectivity index (χ0v) is 11.2. The molecular weight excluding hydrogens is 224 g/mol. The first kappa shape index (κ1) is 14.5. The highest BCUT2D eigenvalue weighted by Gasteiger charge is 2.18. The summed E-state index contributed by atoms with van der Waals surface area (Å²) in [6, 6.07) is 0. The third kappa shape index (κ3) is 4.74. The van der Waals surface area contributed by atoms with E-state index in [9.17, 15) is 4.79 Å². The van der Waals surface area contributed by atoms with E-state index in [1.165, 1.54) is 5.57 Å². The third-order valence-corrected chi connectivity index (χ3v) is 3.13. The van der Waals surface area contributed by atoms with Gasteiger partial charge < -0.3 is 4.74 Å². The van der Waals surface area contributed by atoms with Crippen LogP contribution in [0.4, 0.5) is 0 Å². The van der Waals surface area contributed by atoms with Crippen molar-refractivity contribution >= 4 is 5.97 Å². The minimum atomic E-state index is -0.133. The number of carbonyl (C=O) groups is 1. The van der Waals surface area contributed by atoms with Crippen molar-refractivity contribution in [2.75, 3.05) is 0 Å². The maximum absolute atomic E-state index is 11.7. The highest BCUT2D eigenvalue weighted by atomic mass is 16.5. The van der Waals surface area contributed by atoms with Gasteiger partial charge in [-0.05, 0) is 43.8 Å². The van der Waals surface area contributed by atoms with Crippen LogP contribution in [-0.4, -0.2) is 12.1 Å². The molecule has 0 aromatic heterocycles. The van der Waals surface area contributed by atoms with Crippen LogP contribution >= 0.6 is 0 Å². The van der Waals surface area contributed by atoms with Crippen molar-refractivity contribution in [2.24, 2.45) is 0 Å². The predicted molar refractivity (Wildman–Crippen MR) is 75.2 cm³/mol. The summed E-state index contributed by atoms with van der Waals surface area (Å²) >= 11 is 0. The van der Waals surface area contributed by atoms with Gasteiger partial charge in [0.15, 0.2) is 0 Å². The molecule has 0 aromatic rings. The van der Waals surface area contributed by atoms with Gasteiger partial charge in [0, 0.05) is 6.42 Å². The summed E-state index contributed by atoms with van der Waals surface area (Å²) in [5.74, 6) is -0.133. The highest BCUT2D eigenvalue weighted by molar-refractivity contribution is 5.70. The van der Waals surface area contributed by atoms with Crippen molar-refractivity contribution in [3.8, 4) is 0 Å². The third-order valence-electron chi connectivity index (χ3n) is 3.13. The Hall–Kier alpha value is -1.57. The van der Waals surface area contributed by atoms with Gasteiger partial charge in [-0.3, -0.25) is 4.79 Å². The average molecular weight is 246 g/mol. The quantitative estimate of drug-likeness (QED) is 0.400. The van der Waals surface area contributed by atoms with E-state index in [1.54, 1.807) is 12.2 Å². The molecule has 0 heterocycles. The molecule has 0 aromatic carbocycles. The number of esters is 1. The molecule has 0 bridgehead atoms. The molecule has 2 heteroatoms. The van der Waals surface area contributed by atoms with Crippen molar-refractivity contribution in [3.63, 3.8) is 0 Å². The number of ether oxygens (including phenoxy) is 1. The summed E-state index contributed by atoms with van der Waals surface area (Å²) in [5, 5.41) is 0. The summed E-state index contributed by atoms with van der Waals surface area (Å²) in [5.41, 5.74) is 2.19. The van der Waals surface area contributed by atoms with Crippen LogP contribution in [0.3, 0.4) is 0 Å².